The van der Waals surface area contributed by atoms with Crippen molar-refractivity contribution in [1.82, 2.24) is 15.2 Å². The summed E-state index contributed by atoms with van der Waals surface area (Å²) in [6.45, 7) is 5.76. The first-order valence-corrected chi connectivity index (χ1v) is 6.57. The third kappa shape index (κ3) is 3.79. The maximum atomic E-state index is 4.36. The fraction of sp³-hybridized carbons (Fsp3) is 0.643. The second-order valence-electron chi connectivity index (χ2n) is 5.16. The van der Waals surface area contributed by atoms with E-state index in [1.54, 1.807) is 0 Å². The van der Waals surface area contributed by atoms with Crippen molar-refractivity contribution in [1.29, 1.82) is 0 Å². The molecule has 1 saturated heterocycles. The van der Waals surface area contributed by atoms with E-state index in [9.17, 15) is 0 Å². The lowest BCUT2D eigenvalue weighted by Crippen LogP contribution is -2.39. The van der Waals surface area contributed by atoms with Crippen LogP contribution in [0.2, 0.25) is 0 Å². The van der Waals surface area contributed by atoms with Crippen LogP contribution in [0.3, 0.4) is 0 Å². The van der Waals surface area contributed by atoms with Gasteiger partial charge in [0.2, 0.25) is 0 Å². The summed E-state index contributed by atoms with van der Waals surface area (Å²) in [5.41, 5.74) is 1.19. The van der Waals surface area contributed by atoms with Crippen LogP contribution in [0.25, 0.3) is 0 Å². The maximum Gasteiger partial charge on any atom is 0.0416 e. The highest BCUT2D eigenvalue weighted by Crippen LogP contribution is 2.14. The lowest BCUT2D eigenvalue weighted by molar-refractivity contribution is 0.280. The number of aromatic nitrogens is 1. The third-order valence-corrected chi connectivity index (χ3v) is 3.68. The molecule has 2 unspecified atom stereocenters. The van der Waals surface area contributed by atoms with Crippen LogP contribution in [0, 0.1) is 5.92 Å². The van der Waals surface area contributed by atoms with E-state index in [0.29, 0.717) is 6.04 Å². The molecule has 0 saturated carbocycles. The van der Waals surface area contributed by atoms with E-state index < -0.39 is 0 Å². The Bertz CT molecular complexity index is 325. The van der Waals surface area contributed by atoms with Gasteiger partial charge in [-0.25, -0.2) is 0 Å². The highest BCUT2D eigenvalue weighted by Gasteiger charge is 2.23. The van der Waals surface area contributed by atoms with Gasteiger partial charge in [0, 0.05) is 37.4 Å². The van der Waals surface area contributed by atoms with Crippen LogP contribution in [-0.4, -0.2) is 42.6 Å². The number of nitrogens with zero attached hydrogens (tertiary/aromatic N) is 2. The molecule has 3 nitrogen and oxygen atoms in total. The summed E-state index contributed by atoms with van der Waals surface area (Å²) in [4.78, 5) is 6.77. The Morgan fingerprint density at radius 3 is 3.00 bits per heavy atom. The average Bonchev–Trinajstić information content (AvgIpc) is 2.74. The zero-order valence-electron chi connectivity index (χ0n) is 10.9. The second-order valence-corrected chi connectivity index (χ2v) is 5.16. The number of hydrogen-bond donors (Lipinski definition) is 1. The Hall–Kier alpha value is -0.930. The Morgan fingerprint density at radius 2 is 2.35 bits per heavy atom. The SMILES string of the molecule is CC1CCNC1CN(C)CCc1ccccn1. The third-order valence-electron chi connectivity index (χ3n) is 3.68. The van der Waals surface area contributed by atoms with Gasteiger partial charge in [-0.2, -0.15) is 0 Å². The summed E-state index contributed by atoms with van der Waals surface area (Å²) in [6.07, 6.45) is 4.23. The lowest BCUT2D eigenvalue weighted by Gasteiger charge is -2.23. The minimum atomic E-state index is 0.670. The summed E-state index contributed by atoms with van der Waals surface area (Å²) >= 11 is 0. The predicted molar refractivity (Wildman–Crippen MR) is 71.0 cm³/mol. The molecule has 1 fully saturated rings. The van der Waals surface area contributed by atoms with Gasteiger partial charge in [0.15, 0.2) is 0 Å². The number of rotatable bonds is 5. The predicted octanol–water partition coefficient (Wildman–Crippen LogP) is 1.55. The van der Waals surface area contributed by atoms with Crippen molar-refractivity contribution in [3.05, 3.63) is 30.1 Å². The zero-order chi connectivity index (χ0) is 12.1. The van der Waals surface area contributed by atoms with Gasteiger partial charge in [-0.15, -0.1) is 0 Å². The molecular formula is C14H23N3. The van der Waals surface area contributed by atoms with Gasteiger partial charge in [0.1, 0.15) is 0 Å². The molecule has 2 heterocycles. The summed E-state index contributed by atoms with van der Waals surface area (Å²) in [5, 5.41) is 3.58. The molecule has 1 N–H and O–H groups in total. The van der Waals surface area contributed by atoms with Gasteiger partial charge < -0.3 is 10.2 Å². The largest absolute Gasteiger partial charge is 0.312 e. The van der Waals surface area contributed by atoms with Crippen LogP contribution in [-0.2, 0) is 6.42 Å². The number of likely N-dealkylation sites (N-methyl/N-ethyl adjacent to an activating group) is 1. The first kappa shape index (κ1) is 12.5. The van der Waals surface area contributed by atoms with Crippen molar-refractivity contribution in [2.24, 2.45) is 5.92 Å². The normalized spacial score (nSPS) is 24.4. The summed E-state index contributed by atoms with van der Waals surface area (Å²) in [7, 11) is 2.20. The van der Waals surface area contributed by atoms with Crippen molar-refractivity contribution >= 4 is 0 Å². The van der Waals surface area contributed by atoms with Crippen molar-refractivity contribution in [2.75, 3.05) is 26.7 Å². The van der Waals surface area contributed by atoms with Gasteiger partial charge in [-0.1, -0.05) is 13.0 Å². The van der Waals surface area contributed by atoms with Gasteiger partial charge in [-0.05, 0) is 38.1 Å². The molecule has 1 aromatic rings. The first-order valence-electron chi connectivity index (χ1n) is 6.57. The van der Waals surface area contributed by atoms with Crippen molar-refractivity contribution < 1.29 is 0 Å². The van der Waals surface area contributed by atoms with E-state index in [-0.39, 0.29) is 0 Å². The molecule has 17 heavy (non-hydrogen) atoms. The van der Waals surface area contributed by atoms with E-state index in [0.717, 1.165) is 25.4 Å². The maximum absolute atomic E-state index is 4.36. The standard InChI is InChI=1S/C14H23N3/c1-12-6-9-16-14(12)11-17(2)10-7-13-5-3-4-8-15-13/h3-5,8,12,14,16H,6-7,9-11H2,1-2H3. The Labute approximate surface area is 104 Å². The van der Waals surface area contributed by atoms with Gasteiger partial charge in [0.25, 0.3) is 0 Å². The zero-order valence-corrected chi connectivity index (χ0v) is 10.9. The highest BCUT2D eigenvalue weighted by molar-refractivity contribution is 5.03. The molecule has 2 atom stereocenters. The van der Waals surface area contributed by atoms with Crippen LogP contribution in [0.15, 0.2) is 24.4 Å². The molecule has 1 aliphatic heterocycles. The molecule has 0 aliphatic carbocycles. The Kier molecular flexibility index (Phi) is 4.51. The van der Waals surface area contributed by atoms with E-state index in [1.807, 2.05) is 12.3 Å². The quantitative estimate of drug-likeness (QED) is 0.836. The highest BCUT2D eigenvalue weighted by atomic mass is 15.1. The molecule has 0 aromatic carbocycles. The monoisotopic (exact) mass is 233 g/mol. The number of nitrogens with one attached hydrogen (secondary N) is 1. The molecule has 0 radical (unpaired) electrons. The topological polar surface area (TPSA) is 28.2 Å². The van der Waals surface area contributed by atoms with Crippen LogP contribution in [0.5, 0.6) is 0 Å². The van der Waals surface area contributed by atoms with E-state index in [4.69, 9.17) is 0 Å². The van der Waals surface area contributed by atoms with E-state index >= 15 is 0 Å². The molecule has 2 rings (SSSR count). The van der Waals surface area contributed by atoms with Crippen LogP contribution in [0.1, 0.15) is 19.0 Å². The van der Waals surface area contributed by atoms with E-state index in [2.05, 4.69) is 41.3 Å². The smallest absolute Gasteiger partial charge is 0.0416 e. The molecule has 0 spiro atoms. The molecular weight excluding hydrogens is 210 g/mol. The van der Waals surface area contributed by atoms with Gasteiger partial charge in [-0.3, -0.25) is 4.98 Å². The molecule has 3 heteroatoms. The van der Waals surface area contributed by atoms with Crippen LogP contribution >= 0.6 is 0 Å². The van der Waals surface area contributed by atoms with Crippen molar-refractivity contribution in [3.63, 3.8) is 0 Å². The summed E-state index contributed by atoms with van der Waals surface area (Å²) in [5.74, 6) is 0.812. The van der Waals surface area contributed by atoms with Crippen molar-refractivity contribution in [2.45, 2.75) is 25.8 Å². The Balaban J connectivity index is 1.72. The fourth-order valence-electron chi connectivity index (χ4n) is 2.42. The summed E-state index contributed by atoms with van der Waals surface area (Å²) < 4.78 is 0. The molecule has 1 aromatic heterocycles. The average molecular weight is 233 g/mol. The van der Waals surface area contributed by atoms with Crippen molar-refractivity contribution in [3.8, 4) is 0 Å². The van der Waals surface area contributed by atoms with Crippen LogP contribution in [0.4, 0.5) is 0 Å². The van der Waals surface area contributed by atoms with Gasteiger partial charge in [0.05, 0.1) is 0 Å². The molecule has 0 amide bonds. The molecule has 94 valence electrons. The minimum Gasteiger partial charge on any atom is -0.312 e. The molecule has 1 aliphatic rings. The second kappa shape index (κ2) is 6.12. The van der Waals surface area contributed by atoms with E-state index in [1.165, 1.54) is 18.7 Å². The summed E-state index contributed by atoms with van der Waals surface area (Å²) in [6, 6.07) is 6.80. The fourth-order valence-corrected chi connectivity index (χ4v) is 2.42. The van der Waals surface area contributed by atoms with Crippen LogP contribution < -0.4 is 5.32 Å². The number of hydrogen-bond acceptors (Lipinski definition) is 3. The minimum absolute atomic E-state index is 0.670. The first-order chi connectivity index (χ1) is 8.25. The Morgan fingerprint density at radius 1 is 1.47 bits per heavy atom. The number of pyridine rings is 1. The lowest BCUT2D eigenvalue weighted by atomic mass is 10.0. The molecule has 0 bridgehead atoms. The van der Waals surface area contributed by atoms with Gasteiger partial charge >= 0.3 is 0 Å².